The Kier molecular flexibility index (Phi) is 7.96. The van der Waals surface area contributed by atoms with E-state index in [1.54, 1.807) is 30.8 Å². The fourth-order valence-electron chi connectivity index (χ4n) is 2.46. The second-order valence-corrected chi connectivity index (χ2v) is 8.84. The second-order valence-electron chi connectivity index (χ2n) is 5.91. The van der Waals surface area contributed by atoms with Crippen LogP contribution in [0.15, 0.2) is 34.7 Å². The van der Waals surface area contributed by atoms with Crippen LogP contribution in [0.2, 0.25) is 0 Å². The van der Waals surface area contributed by atoms with E-state index in [1.165, 1.54) is 13.1 Å². The Labute approximate surface area is 175 Å². The summed E-state index contributed by atoms with van der Waals surface area (Å²) in [4.78, 5) is 14.3. The summed E-state index contributed by atoms with van der Waals surface area (Å²) in [6.07, 6.45) is 1.81. The lowest BCUT2D eigenvalue weighted by Crippen LogP contribution is -2.43. The summed E-state index contributed by atoms with van der Waals surface area (Å²) in [6, 6.07) is 4.66. The number of hydrogen-bond acceptors (Lipinski definition) is 7. The lowest BCUT2D eigenvalue weighted by atomic mass is 10.1. The molecule has 1 unspecified atom stereocenters. The Hall–Kier alpha value is -1.98. The monoisotopic (exact) mass is 444 g/mol. The number of carbonyl (C=O) groups excluding carboxylic acids is 1. The van der Waals surface area contributed by atoms with Crippen LogP contribution in [-0.4, -0.2) is 50.0 Å². The van der Waals surface area contributed by atoms with E-state index in [9.17, 15) is 13.2 Å². The molecule has 154 valence electrons. The molecule has 1 atom stereocenters. The average molecular weight is 445 g/mol. The topological polar surface area (TPSA) is 99.8 Å². The maximum Gasteiger partial charge on any atom is 0.267 e. The van der Waals surface area contributed by atoms with Gasteiger partial charge in [-0.2, -0.15) is 0 Å². The van der Waals surface area contributed by atoms with Gasteiger partial charge in [0.15, 0.2) is 5.11 Å². The van der Waals surface area contributed by atoms with Crippen molar-refractivity contribution in [1.29, 1.82) is 0 Å². The summed E-state index contributed by atoms with van der Waals surface area (Å²) in [5.41, 5.74) is 0.551. The van der Waals surface area contributed by atoms with Crippen LogP contribution < -0.4 is 20.1 Å². The van der Waals surface area contributed by atoms with Gasteiger partial charge in [-0.1, -0.05) is 6.07 Å². The minimum atomic E-state index is -3.95. The Morgan fingerprint density at radius 1 is 1.43 bits per heavy atom. The van der Waals surface area contributed by atoms with E-state index >= 15 is 0 Å². The zero-order chi connectivity index (χ0) is 20.7. The van der Waals surface area contributed by atoms with Crippen molar-refractivity contribution in [2.45, 2.75) is 31.3 Å². The van der Waals surface area contributed by atoms with Crippen molar-refractivity contribution in [3.05, 3.63) is 35.4 Å². The van der Waals surface area contributed by atoms with Crippen molar-refractivity contribution >= 4 is 45.0 Å². The van der Waals surface area contributed by atoms with Gasteiger partial charge in [-0.25, -0.2) is 8.42 Å². The van der Waals surface area contributed by atoms with Gasteiger partial charge >= 0.3 is 0 Å². The van der Waals surface area contributed by atoms with Crippen LogP contribution in [-0.2, 0) is 21.2 Å². The summed E-state index contributed by atoms with van der Waals surface area (Å²) in [6.45, 7) is 3.96. The van der Waals surface area contributed by atoms with Crippen molar-refractivity contribution in [2.75, 3.05) is 19.5 Å². The maximum absolute atomic E-state index is 12.7. The van der Waals surface area contributed by atoms with Crippen molar-refractivity contribution in [1.82, 2.24) is 20.3 Å². The number of sulfonamides is 1. The number of ether oxygens (including phenoxy) is 1. The van der Waals surface area contributed by atoms with E-state index in [2.05, 4.69) is 15.4 Å². The SMILES string of the molecule is CCOc1ccc(CC(=O)NC(C)N2C=CSC2)cc1S(=O)(=O)NC(=S)NC. The first-order valence-electron chi connectivity index (χ1n) is 8.60. The van der Waals surface area contributed by atoms with Gasteiger partial charge in [-0.15, -0.1) is 11.8 Å². The number of hydrogen-bond donors (Lipinski definition) is 3. The Morgan fingerprint density at radius 2 is 2.18 bits per heavy atom. The van der Waals surface area contributed by atoms with Gasteiger partial charge in [0, 0.05) is 13.2 Å². The molecule has 8 nitrogen and oxygen atoms in total. The van der Waals surface area contributed by atoms with E-state index in [0.29, 0.717) is 12.2 Å². The highest BCUT2D eigenvalue weighted by molar-refractivity contribution is 8.02. The zero-order valence-corrected chi connectivity index (χ0v) is 18.3. The average Bonchev–Trinajstić information content (AvgIpc) is 3.17. The van der Waals surface area contributed by atoms with Crippen molar-refractivity contribution in [2.24, 2.45) is 0 Å². The number of amides is 1. The first-order valence-corrected chi connectivity index (χ1v) is 11.5. The molecule has 1 heterocycles. The van der Waals surface area contributed by atoms with Crippen LogP contribution in [0.3, 0.4) is 0 Å². The molecule has 1 aromatic carbocycles. The third kappa shape index (κ3) is 6.01. The number of carbonyl (C=O) groups is 1. The molecule has 2 rings (SSSR count). The fraction of sp³-hybridized carbons (Fsp3) is 0.412. The van der Waals surface area contributed by atoms with E-state index < -0.39 is 10.0 Å². The molecule has 0 aromatic heterocycles. The highest BCUT2D eigenvalue weighted by Gasteiger charge is 2.22. The second kappa shape index (κ2) is 9.99. The summed E-state index contributed by atoms with van der Waals surface area (Å²) < 4.78 is 33.0. The van der Waals surface area contributed by atoms with Gasteiger partial charge in [-0.05, 0) is 49.2 Å². The molecule has 0 saturated carbocycles. The Bertz CT molecular complexity index is 858. The van der Waals surface area contributed by atoms with Crippen LogP contribution in [0.5, 0.6) is 5.75 Å². The van der Waals surface area contributed by atoms with Gasteiger partial charge in [0.05, 0.1) is 25.1 Å². The molecule has 3 N–H and O–H groups in total. The van der Waals surface area contributed by atoms with Crippen LogP contribution in [0.25, 0.3) is 0 Å². The van der Waals surface area contributed by atoms with Crippen molar-refractivity contribution in [3.8, 4) is 5.75 Å². The molecule has 0 radical (unpaired) electrons. The van der Waals surface area contributed by atoms with Gasteiger partial charge in [-0.3, -0.25) is 9.52 Å². The summed E-state index contributed by atoms with van der Waals surface area (Å²) in [5, 5.41) is 7.40. The third-order valence-electron chi connectivity index (χ3n) is 3.86. The van der Waals surface area contributed by atoms with Gasteiger partial charge in [0.25, 0.3) is 10.0 Å². The van der Waals surface area contributed by atoms with E-state index in [4.69, 9.17) is 17.0 Å². The third-order valence-corrected chi connectivity index (χ3v) is 6.42. The molecule has 0 saturated heterocycles. The molecule has 1 aliphatic heterocycles. The standard InChI is InChI=1S/C17H24N4O4S3/c1-4-25-14-6-5-13(9-15(14)28(23,24)20-17(26)18-3)10-16(22)19-12(2)21-7-8-27-11-21/h5-9,12H,4,10-11H2,1-3H3,(H,19,22)(H2,18,20,26). The highest BCUT2D eigenvalue weighted by atomic mass is 32.2. The van der Waals surface area contributed by atoms with Crippen LogP contribution in [0, 0.1) is 0 Å². The number of benzene rings is 1. The van der Waals surface area contributed by atoms with E-state index in [1.807, 2.05) is 23.4 Å². The first-order chi connectivity index (χ1) is 13.3. The molecule has 0 bridgehead atoms. The van der Waals surface area contributed by atoms with Crippen LogP contribution in [0.4, 0.5) is 0 Å². The zero-order valence-electron chi connectivity index (χ0n) is 15.9. The Balaban J connectivity index is 2.17. The highest BCUT2D eigenvalue weighted by Crippen LogP contribution is 2.25. The van der Waals surface area contributed by atoms with Gasteiger partial charge in [0.1, 0.15) is 10.6 Å². The molecule has 1 aromatic rings. The van der Waals surface area contributed by atoms with Crippen LogP contribution in [0.1, 0.15) is 19.4 Å². The number of nitrogens with zero attached hydrogens (tertiary/aromatic N) is 1. The summed E-state index contributed by atoms with van der Waals surface area (Å²) in [5.74, 6) is 0.777. The van der Waals surface area contributed by atoms with E-state index in [-0.39, 0.29) is 34.3 Å². The predicted octanol–water partition coefficient (Wildman–Crippen LogP) is 1.35. The maximum atomic E-state index is 12.7. The molecular weight excluding hydrogens is 420 g/mol. The summed E-state index contributed by atoms with van der Waals surface area (Å²) in [7, 11) is -2.43. The molecule has 0 fully saturated rings. The fourth-order valence-corrected chi connectivity index (χ4v) is 4.76. The molecule has 1 aliphatic rings. The molecule has 28 heavy (non-hydrogen) atoms. The number of rotatable bonds is 8. The van der Waals surface area contributed by atoms with Crippen molar-refractivity contribution in [3.63, 3.8) is 0 Å². The quantitative estimate of drug-likeness (QED) is 0.517. The molecular formula is C17H24N4O4S3. The first kappa shape index (κ1) is 22.3. The minimum Gasteiger partial charge on any atom is -0.492 e. The molecule has 0 aliphatic carbocycles. The Morgan fingerprint density at radius 3 is 2.79 bits per heavy atom. The van der Waals surface area contributed by atoms with Gasteiger partial charge in [0.2, 0.25) is 5.91 Å². The van der Waals surface area contributed by atoms with Crippen molar-refractivity contribution < 1.29 is 17.9 Å². The molecule has 11 heteroatoms. The van der Waals surface area contributed by atoms with Crippen LogP contribution >= 0.6 is 24.0 Å². The number of thiocarbonyl (C=S) groups is 1. The molecule has 0 spiro atoms. The summed E-state index contributed by atoms with van der Waals surface area (Å²) >= 11 is 6.55. The number of thioether (sulfide) groups is 1. The predicted molar refractivity (Wildman–Crippen MR) is 114 cm³/mol. The smallest absolute Gasteiger partial charge is 0.267 e. The van der Waals surface area contributed by atoms with Gasteiger partial charge < -0.3 is 20.3 Å². The normalized spacial score (nSPS) is 14.5. The lowest BCUT2D eigenvalue weighted by Gasteiger charge is -2.24. The van der Waals surface area contributed by atoms with E-state index in [0.717, 1.165) is 5.88 Å². The minimum absolute atomic E-state index is 0.0315. The largest absolute Gasteiger partial charge is 0.492 e. The lowest BCUT2D eigenvalue weighted by molar-refractivity contribution is -0.121. The molecule has 1 amide bonds. The number of nitrogens with one attached hydrogen (secondary N) is 3.